The van der Waals surface area contributed by atoms with Crippen LogP contribution >= 0.6 is 11.6 Å². The molecular weight excluding hydrogens is 441 g/mol. The maximum absolute atomic E-state index is 13.9. The van der Waals surface area contributed by atoms with Crippen molar-refractivity contribution < 1.29 is 13.9 Å². The van der Waals surface area contributed by atoms with E-state index in [1.807, 2.05) is 54.6 Å². The number of ether oxygens (including phenoxy) is 1. The summed E-state index contributed by atoms with van der Waals surface area (Å²) in [5, 5.41) is 8.21. The molecule has 3 aromatic carbocycles. The van der Waals surface area contributed by atoms with Gasteiger partial charge in [0, 0.05) is 30.0 Å². The number of amides is 1. The molecule has 0 unspecified atom stereocenters. The van der Waals surface area contributed by atoms with Crippen LogP contribution in [0.5, 0.6) is 5.75 Å². The first-order chi connectivity index (χ1) is 16.0. The number of nitrogens with one attached hydrogen (secondary N) is 1. The molecule has 0 aliphatic carbocycles. The average Bonchev–Trinajstić information content (AvgIpc) is 3.27. The first-order valence-electron chi connectivity index (χ1n) is 10.5. The predicted molar refractivity (Wildman–Crippen MR) is 127 cm³/mol. The summed E-state index contributed by atoms with van der Waals surface area (Å²) in [4.78, 5) is 12.4. The fourth-order valence-electron chi connectivity index (χ4n) is 3.49. The van der Waals surface area contributed by atoms with Crippen LogP contribution in [0.1, 0.15) is 17.7 Å². The predicted octanol–water partition coefficient (Wildman–Crippen LogP) is 5.59. The summed E-state index contributed by atoms with van der Waals surface area (Å²) in [5.41, 5.74) is 3.85. The number of aryl methyl sites for hydroxylation is 1. The molecule has 0 radical (unpaired) electrons. The maximum atomic E-state index is 13.9. The second-order valence-corrected chi connectivity index (χ2v) is 7.92. The van der Waals surface area contributed by atoms with Crippen LogP contribution in [0.3, 0.4) is 0 Å². The molecule has 7 heteroatoms. The highest BCUT2D eigenvalue weighted by molar-refractivity contribution is 6.31. The third-order valence-corrected chi connectivity index (χ3v) is 5.61. The number of rotatable bonds is 8. The van der Waals surface area contributed by atoms with Crippen LogP contribution < -0.4 is 10.1 Å². The van der Waals surface area contributed by atoms with Crippen LogP contribution in [0.2, 0.25) is 5.02 Å². The third-order valence-electron chi connectivity index (χ3n) is 5.24. The topological polar surface area (TPSA) is 56.2 Å². The summed E-state index contributed by atoms with van der Waals surface area (Å²) in [6.07, 6.45) is 0.715. The molecule has 0 saturated carbocycles. The van der Waals surface area contributed by atoms with Gasteiger partial charge in [0.1, 0.15) is 11.6 Å². The van der Waals surface area contributed by atoms with Crippen LogP contribution in [-0.2, 0) is 17.8 Å². The van der Waals surface area contributed by atoms with Crippen LogP contribution in [-0.4, -0.2) is 22.8 Å². The van der Waals surface area contributed by atoms with E-state index >= 15 is 0 Å². The molecule has 5 nitrogen and oxygen atoms in total. The number of halogens is 2. The highest BCUT2D eigenvalue weighted by Gasteiger charge is 2.14. The molecule has 0 spiro atoms. The molecule has 33 heavy (non-hydrogen) atoms. The van der Waals surface area contributed by atoms with E-state index in [1.54, 1.807) is 23.9 Å². The molecule has 1 amide bonds. The average molecular weight is 464 g/mol. The highest BCUT2D eigenvalue weighted by atomic mass is 35.5. The Bertz CT molecular complexity index is 1250. The lowest BCUT2D eigenvalue weighted by atomic mass is 10.1. The van der Waals surface area contributed by atoms with E-state index in [2.05, 4.69) is 5.32 Å². The zero-order valence-corrected chi connectivity index (χ0v) is 18.8. The second-order valence-electron chi connectivity index (χ2n) is 7.51. The monoisotopic (exact) mass is 463 g/mol. The van der Waals surface area contributed by atoms with Crippen molar-refractivity contribution in [1.29, 1.82) is 0 Å². The number of aromatic nitrogens is 2. The van der Waals surface area contributed by atoms with Gasteiger partial charge in [-0.3, -0.25) is 4.79 Å². The highest BCUT2D eigenvalue weighted by Crippen LogP contribution is 2.26. The fraction of sp³-hybridized carbons (Fsp3) is 0.154. The van der Waals surface area contributed by atoms with Crippen molar-refractivity contribution in [2.45, 2.75) is 19.4 Å². The summed E-state index contributed by atoms with van der Waals surface area (Å²) in [5.74, 6) is 0.310. The number of nitrogens with zero attached hydrogens (tertiary/aromatic N) is 2. The number of carbonyl (C=O) groups excluding carboxylic acids is 1. The van der Waals surface area contributed by atoms with E-state index in [9.17, 15) is 9.18 Å². The van der Waals surface area contributed by atoms with Gasteiger partial charge in [0.25, 0.3) is 0 Å². The zero-order chi connectivity index (χ0) is 23.2. The van der Waals surface area contributed by atoms with E-state index in [1.165, 1.54) is 12.1 Å². The number of methoxy groups -OCH3 is 1. The summed E-state index contributed by atoms with van der Waals surface area (Å²) >= 11 is 6.15. The number of hydrogen-bond acceptors (Lipinski definition) is 3. The Morgan fingerprint density at radius 2 is 1.85 bits per heavy atom. The first-order valence-corrected chi connectivity index (χ1v) is 10.9. The van der Waals surface area contributed by atoms with Crippen LogP contribution in [0.15, 0.2) is 78.9 Å². The standard InChI is InChI=1S/C26H23ClFN3O2/c1-33-23-12-10-22(11-13-23)31-25(18-6-4-7-20(28)15-18)16-21(30-31)9-14-26(32)29-17-19-5-2-3-8-24(19)27/h2-8,10-13,15-16H,9,14,17H2,1H3,(H,29,32). The van der Waals surface area contributed by atoms with Crippen molar-refractivity contribution in [1.82, 2.24) is 15.1 Å². The van der Waals surface area contributed by atoms with Crippen molar-refractivity contribution in [3.63, 3.8) is 0 Å². The van der Waals surface area contributed by atoms with E-state index in [4.69, 9.17) is 21.4 Å². The minimum Gasteiger partial charge on any atom is -0.497 e. The smallest absolute Gasteiger partial charge is 0.220 e. The van der Waals surface area contributed by atoms with Crippen LogP contribution in [0.4, 0.5) is 4.39 Å². The van der Waals surface area contributed by atoms with Gasteiger partial charge in [-0.1, -0.05) is 41.9 Å². The lowest BCUT2D eigenvalue weighted by Crippen LogP contribution is -2.23. The van der Waals surface area contributed by atoms with Gasteiger partial charge in [0.2, 0.25) is 5.91 Å². The molecule has 1 heterocycles. The van der Waals surface area contributed by atoms with Gasteiger partial charge >= 0.3 is 0 Å². The minimum atomic E-state index is -0.324. The Morgan fingerprint density at radius 1 is 1.06 bits per heavy atom. The summed E-state index contributed by atoms with van der Waals surface area (Å²) < 4.78 is 20.9. The minimum absolute atomic E-state index is 0.0961. The van der Waals surface area contributed by atoms with Crippen molar-refractivity contribution >= 4 is 17.5 Å². The van der Waals surface area contributed by atoms with Gasteiger partial charge < -0.3 is 10.1 Å². The normalized spacial score (nSPS) is 10.8. The van der Waals surface area contributed by atoms with Crippen molar-refractivity contribution in [3.05, 3.63) is 101 Å². The lowest BCUT2D eigenvalue weighted by molar-refractivity contribution is -0.121. The molecule has 1 aromatic heterocycles. The molecular formula is C26H23ClFN3O2. The molecule has 0 saturated heterocycles. The SMILES string of the molecule is COc1ccc(-n2nc(CCC(=O)NCc3ccccc3Cl)cc2-c2cccc(F)c2)cc1. The van der Waals surface area contributed by atoms with E-state index < -0.39 is 0 Å². The van der Waals surface area contributed by atoms with E-state index in [0.717, 1.165) is 28.4 Å². The molecule has 168 valence electrons. The molecule has 1 N–H and O–H groups in total. The van der Waals surface area contributed by atoms with Crippen LogP contribution in [0.25, 0.3) is 16.9 Å². The van der Waals surface area contributed by atoms with Crippen molar-refractivity contribution in [2.24, 2.45) is 0 Å². The number of carbonyl (C=O) groups is 1. The number of benzene rings is 3. The summed E-state index contributed by atoms with van der Waals surface area (Å²) in [6, 6.07) is 23.1. The van der Waals surface area contributed by atoms with Crippen molar-refractivity contribution in [3.8, 4) is 22.7 Å². The lowest BCUT2D eigenvalue weighted by Gasteiger charge is -2.08. The molecule has 4 rings (SSSR count). The molecule has 0 bridgehead atoms. The van der Waals surface area contributed by atoms with Gasteiger partial charge in [-0.05, 0) is 54.1 Å². The zero-order valence-electron chi connectivity index (χ0n) is 18.1. The molecule has 0 fully saturated rings. The largest absolute Gasteiger partial charge is 0.497 e. The Hall–Kier alpha value is -3.64. The third kappa shape index (κ3) is 5.59. The molecule has 0 aliphatic rings. The van der Waals surface area contributed by atoms with Crippen molar-refractivity contribution in [2.75, 3.05) is 7.11 Å². The van der Waals surface area contributed by atoms with Gasteiger partial charge in [-0.2, -0.15) is 5.10 Å². The molecule has 4 aromatic rings. The number of hydrogen-bond donors (Lipinski definition) is 1. The van der Waals surface area contributed by atoms with E-state index in [-0.39, 0.29) is 18.1 Å². The van der Waals surface area contributed by atoms with Crippen LogP contribution in [0, 0.1) is 5.82 Å². The van der Waals surface area contributed by atoms with Gasteiger partial charge in [-0.25, -0.2) is 9.07 Å². The molecule has 0 aliphatic heterocycles. The summed E-state index contributed by atoms with van der Waals surface area (Å²) in [6.45, 7) is 0.368. The Balaban J connectivity index is 1.52. The second kappa shape index (κ2) is 10.3. The maximum Gasteiger partial charge on any atom is 0.220 e. The quantitative estimate of drug-likeness (QED) is 0.370. The van der Waals surface area contributed by atoms with Gasteiger partial charge in [0.15, 0.2) is 0 Å². The van der Waals surface area contributed by atoms with Gasteiger partial charge in [-0.15, -0.1) is 0 Å². The first kappa shape index (κ1) is 22.6. The fourth-order valence-corrected chi connectivity index (χ4v) is 3.69. The molecule has 0 atom stereocenters. The Kier molecular flexibility index (Phi) is 7.05. The van der Waals surface area contributed by atoms with Gasteiger partial charge in [0.05, 0.1) is 24.2 Å². The van der Waals surface area contributed by atoms with E-state index in [0.29, 0.717) is 23.6 Å². The summed E-state index contributed by atoms with van der Waals surface area (Å²) in [7, 11) is 1.61. The Morgan fingerprint density at radius 3 is 2.58 bits per heavy atom. The Labute approximate surface area is 196 Å².